The summed E-state index contributed by atoms with van der Waals surface area (Å²) in [5.41, 5.74) is 0. The molecule has 0 aromatic heterocycles. The predicted octanol–water partition coefficient (Wildman–Crippen LogP) is 0.214. The van der Waals surface area contributed by atoms with Crippen molar-refractivity contribution >= 4 is 24.6 Å². The van der Waals surface area contributed by atoms with Gasteiger partial charge in [-0.15, -0.1) is 0 Å². The van der Waals surface area contributed by atoms with Crippen LogP contribution in [-0.4, -0.2) is 24.6 Å². The number of hydrogen-bond acceptors (Lipinski definition) is 1. The van der Waals surface area contributed by atoms with E-state index in [9.17, 15) is 4.79 Å². The summed E-state index contributed by atoms with van der Waals surface area (Å²) in [5.74, 6) is 0.167. The van der Waals surface area contributed by atoms with Gasteiger partial charge in [0.2, 0.25) is 0 Å². The molecule has 2 heteroatoms. The minimum Gasteiger partial charge on any atom is -0.300 e. The van der Waals surface area contributed by atoms with Crippen molar-refractivity contribution in [3.8, 4) is 0 Å². The van der Waals surface area contributed by atoms with Crippen molar-refractivity contribution in [2.75, 3.05) is 0 Å². The monoisotopic (exact) mass is 65.1 g/mol. The molecule has 0 aromatic rings. The van der Waals surface area contributed by atoms with Gasteiger partial charge in [0.1, 0.15) is 5.78 Å². The number of rotatable bonds is 0. The molecular weight excluding hydrogens is 59.0 g/mol. The fourth-order valence-electron chi connectivity index (χ4n) is 0. The van der Waals surface area contributed by atoms with Gasteiger partial charge < -0.3 is 4.79 Å². The number of Topliss-reactive ketones (excluding diaryl/α,β-unsaturated/α-hetero) is 1. The Hall–Kier alpha value is 0.267. The van der Waals surface area contributed by atoms with Gasteiger partial charge in [-0.25, -0.2) is 0 Å². The maximum Gasteiger partial charge on any atom is 0.126 e. The fourth-order valence-corrected chi connectivity index (χ4v) is 0. The number of carbonyl (C=O) groups is 1. The molecule has 0 fully saturated rings. The van der Waals surface area contributed by atoms with E-state index in [0.29, 0.717) is 0 Å². The van der Waals surface area contributed by atoms with E-state index in [1.807, 2.05) is 0 Å². The zero-order valence-corrected chi connectivity index (χ0v) is 3.91. The van der Waals surface area contributed by atoms with Gasteiger partial charge in [-0.2, -0.15) is 0 Å². The summed E-state index contributed by atoms with van der Waals surface area (Å²) >= 11 is 0. The first-order valence-corrected chi connectivity index (χ1v) is 1.20. The van der Waals surface area contributed by atoms with Gasteiger partial charge in [-0.3, -0.25) is 0 Å². The van der Waals surface area contributed by atoms with E-state index in [1.54, 1.807) is 0 Å². The van der Waals surface area contributed by atoms with Crippen molar-refractivity contribution in [1.82, 2.24) is 0 Å². The Morgan fingerprint density at radius 3 is 1.40 bits per heavy atom. The summed E-state index contributed by atoms with van der Waals surface area (Å²) in [4.78, 5) is 9.44. The smallest absolute Gasteiger partial charge is 0.126 e. The van der Waals surface area contributed by atoms with Gasteiger partial charge in [0.25, 0.3) is 0 Å². The Morgan fingerprint density at radius 1 is 1.40 bits per heavy atom. The molecule has 0 heterocycles. The second-order valence-corrected chi connectivity index (χ2v) is 0.908. The summed E-state index contributed by atoms with van der Waals surface area (Å²) in [6.07, 6.45) is 0. The molecular formula is C3H6LiO. The van der Waals surface area contributed by atoms with E-state index in [1.165, 1.54) is 13.8 Å². The van der Waals surface area contributed by atoms with Gasteiger partial charge >= 0.3 is 0 Å². The SMILES string of the molecule is CC(C)=O.[Li]. The van der Waals surface area contributed by atoms with Crippen molar-refractivity contribution in [3.05, 3.63) is 0 Å². The molecule has 0 aliphatic heterocycles. The van der Waals surface area contributed by atoms with Crippen LogP contribution in [0.5, 0.6) is 0 Å². The van der Waals surface area contributed by atoms with Crippen LogP contribution in [0.15, 0.2) is 0 Å². The molecule has 0 N–H and O–H groups in total. The molecule has 0 saturated carbocycles. The maximum atomic E-state index is 9.44. The zero-order valence-electron chi connectivity index (χ0n) is 3.91. The average molecular weight is 65.0 g/mol. The maximum absolute atomic E-state index is 9.44. The molecule has 0 spiro atoms. The topological polar surface area (TPSA) is 17.1 Å². The van der Waals surface area contributed by atoms with Gasteiger partial charge in [0.15, 0.2) is 0 Å². The van der Waals surface area contributed by atoms with E-state index < -0.39 is 0 Å². The van der Waals surface area contributed by atoms with Crippen LogP contribution in [0.4, 0.5) is 0 Å². The molecule has 0 aromatic carbocycles. The van der Waals surface area contributed by atoms with Crippen LogP contribution in [0.2, 0.25) is 0 Å². The number of ketones is 1. The largest absolute Gasteiger partial charge is 0.300 e. The third-order valence-electron chi connectivity index (χ3n) is 0. The van der Waals surface area contributed by atoms with Crippen molar-refractivity contribution in [3.63, 3.8) is 0 Å². The van der Waals surface area contributed by atoms with Gasteiger partial charge in [0, 0.05) is 18.9 Å². The van der Waals surface area contributed by atoms with Crippen LogP contribution in [0.3, 0.4) is 0 Å². The van der Waals surface area contributed by atoms with Crippen LogP contribution in [0.1, 0.15) is 13.8 Å². The summed E-state index contributed by atoms with van der Waals surface area (Å²) in [7, 11) is 0. The minimum absolute atomic E-state index is 0. The van der Waals surface area contributed by atoms with E-state index in [0.717, 1.165) is 0 Å². The summed E-state index contributed by atoms with van der Waals surface area (Å²) in [6, 6.07) is 0. The van der Waals surface area contributed by atoms with Gasteiger partial charge in [-0.1, -0.05) is 0 Å². The molecule has 0 aliphatic carbocycles. The first kappa shape index (κ1) is 8.99. The summed E-state index contributed by atoms with van der Waals surface area (Å²) < 4.78 is 0. The van der Waals surface area contributed by atoms with Gasteiger partial charge in [0.05, 0.1) is 0 Å². The molecule has 5 heavy (non-hydrogen) atoms. The first-order valence-electron chi connectivity index (χ1n) is 1.20. The second-order valence-electron chi connectivity index (χ2n) is 0.908. The average Bonchev–Trinajstić information content (AvgIpc) is 0.811. The van der Waals surface area contributed by atoms with E-state index in [2.05, 4.69) is 0 Å². The molecule has 1 radical (unpaired) electrons. The van der Waals surface area contributed by atoms with Crippen LogP contribution >= 0.6 is 0 Å². The van der Waals surface area contributed by atoms with Crippen molar-refractivity contribution in [2.24, 2.45) is 0 Å². The first-order chi connectivity index (χ1) is 1.73. The molecule has 0 atom stereocenters. The Balaban J connectivity index is 0. The molecule has 0 rings (SSSR count). The predicted molar refractivity (Wildman–Crippen MR) is 22.1 cm³/mol. The third kappa shape index (κ3) is 307. The molecule has 25 valence electrons. The van der Waals surface area contributed by atoms with Crippen molar-refractivity contribution in [1.29, 1.82) is 0 Å². The van der Waals surface area contributed by atoms with Crippen LogP contribution < -0.4 is 0 Å². The fraction of sp³-hybridized carbons (Fsp3) is 0.667. The van der Waals surface area contributed by atoms with E-state index >= 15 is 0 Å². The van der Waals surface area contributed by atoms with E-state index in [-0.39, 0.29) is 24.6 Å². The Labute approximate surface area is 43.9 Å². The molecule has 0 aliphatic rings. The quantitative estimate of drug-likeness (QED) is 0.369. The van der Waals surface area contributed by atoms with Gasteiger partial charge in [-0.05, 0) is 13.8 Å². The standard InChI is InChI=1S/C3H6O.Li/c1-3(2)4;/h1-2H3;. The van der Waals surface area contributed by atoms with Crippen molar-refractivity contribution < 1.29 is 4.79 Å². The molecule has 0 amide bonds. The minimum atomic E-state index is 0. The second kappa shape index (κ2) is 4.27. The Bertz CT molecular complexity index is 29.9. The molecule has 0 saturated heterocycles. The summed E-state index contributed by atoms with van der Waals surface area (Å²) in [5, 5.41) is 0. The molecule has 1 nitrogen and oxygen atoms in total. The van der Waals surface area contributed by atoms with Crippen molar-refractivity contribution in [2.45, 2.75) is 13.8 Å². The molecule has 0 bridgehead atoms. The number of hydrogen-bond donors (Lipinski definition) is 0. The Kier molecular flexibility index (Phi) is 7.67. The molecule has 0 unspecified atom stereocenters. The van der Waals surface area contributed by atoms with Crippen LogP contribution in [0, 0.1) is 0 Å². The van der Waals surface area contributed by atoms with E-state index in [4.69, 9.17) is 0 Å². The van der Waals surface area contributed by atoms with Crippen LogP contribution in [-0.2, 0) is 4.79 Å². The number of carbonyl (C=O) groups excluding carboxylic acids is 1. The zero-order chi connectivity index (χ0) is 3.58. The van der Waals surface area contributed by atoms with Crippen LogP contribution in [0.25, 0.3) is 0 Å². The Morgan fingerprint density at radius 2 is 1.40 bits per heavy atom. The normalized spacial score (nSPS) is 5.20. The third-order valence-corrected chi connectivity index (χ3v) is 0. The summed E-state index contributed by atoms with van der Waals surface area (Å²) in [6.45, 7) is 3.06.